The van der Waals surface area contributed by atoms with Crippen LogP contribution in [0.3, 0.4) is 0 Å². The molecule has 2 rings (SSSR count). The summed E-state index contributed by atoms with van der Waals surface area (Å²) in [5.74, 6) is -0.0644. The third-order valence-electron chi connectivity index (χ3n) is 2.63. The second-order valence-electron chi connectivity index (χ2n) is 3.58. The molecule has 0 spiro atoms. The van der Waals surface area contributed by atoms with Crippen molar-refractivity contribution >= 4 is 17.9 Å². The summed E-state index contributed by atoms with van der Waals surface area (Å²) < 4.78 is 0. The van der Waals surface area contributed by atoms with Crippen molar-refractivity contribution in [3.05, 3.63) is 23.3 Å². The van der Waals surface area contributed by atoms with Gasteiger partial charge in [0.2, 0.25) is 5.91 Å². The first-order valence-electron chi connectivity index (χ1n) is 4.72. The average molecular weight is 205 g/mol. The molecule has 0 saturated carbocycles. The molecule has 0 bridgehead atoms. The van der Waals surface area contributed by atoms with Crippen molar-refractivity contribution in [2.75, 3.05) is 11.4 Å². The Hall–Kier alpha value is -1.84. The maximum atomic E-state index is 11.3. The number of hydrogen-bond donors (Lipinski definition) is 1. The summed E-state index contributed by atoms with van der Waals surface area (Å²) in [4.78, 5) is 23.5. The van der Waals surface area contributed by atoms with Crippen LogP contribution in [0.25, 0.3) is 0 Å². The zero-order valence-corrected chi connectivity index (χ0v) is 8.36. The lowest BCUT2D eigenvalue weighted by Gasteiger charge is -2.15. The Labute approximate surface area is 87.1 Å². The van der Waals surface area contributed by atoms with Crippen molar-refractivity contribution in [1.82, 2.24) is 0 Å². The predicted octanol–water partition coefficient (Wildman–Crippen LogP) is 1.11. The van der Waals surface area contributed by atoms with Crippen molar-refractivity contribution in [3.8, 4) is 5.75 Å². The number of nitrogens with zero attached hydrogens (tertiary/aromatic N) is 1. The fourth-order valence-electron chi connectivity index (χ4n) is 1.86. The largest absolute Gasteiger partial charge is 0.507 e. The van der Waals surface area contributed by atoms with E-state index < -0.39 is 0 Å². The number of aromatic hydroxyl groups is 1. The Morgan fingerprint density at radius 3 is 2.87 bits per heavy atom. The summed E-state index contributed by atoms with van der Waals surface area (Å²) >= 11 is 0. The van der Waals surface area contributed by atoms with Crippen molar-refractivity contribution < 1.29 is 14.7 Å². The Morgan fingerprint density at radius 2 is 2.27 bits per heavy atom. The number of aldehydes is 1. The zero-order chi connectivity index (χ0) is 11.0. The van der Waals surface area contributed by atoms with Gasteiger partial charge in [-0.25, -0.2) is 0 Å². The van der Waals surface area contributed by atoms with Gasteiger partial charge in [-0.3, -0.25) is 9.59 Å². The molecule has 1 aromatic carbocycles. The fourth-order valence-corrected chi connectivity index (χ4v) is 1.86. The van der Waals surface area contributed by atoms with E-state index in [9.17, 15) is 14.7 Å². The van der Waals surface area contributed by atoms with Gasteiger partial charge < -0.3 is 10.0 Å². The lowest BCUT2D eigenvalue weighted by molar-refractivity contribution is -0.116. The lowest BCUT2D eigenvalue weighted by Crippen LogP contribution is -2.25. The third kappa shape index (κ3) is 1.48. The van der Waals surface area contributed by atoms with Crippen LogP contribution in [0, 0.1) is 0 Å². The van der Waals surface area contributed by atoms with Gasteiger partial charge in [0.1, 0.15) is 5.75 Å². The fraction of sp³-hybridized carbons (Fsp3) is 0.273. The van der Waals surface area contributed by atoms with Crippen molar-refractivity contribution in [3.63, 3.8) is 0 Å². The number of benzene rings is 1. The van der Waals surface area contributed by atoms with E-state index in [4.69, 9.17) is 0 Å². The van der Waals surface area contributed by atoms with Gasteiger partial charge in [-0.15, -0.1) is 0 Å². The van der Waals surface area contributed by atoms with E-state index in [1.165, 1.54) is 6.92 Å². The van der Waals surface area contributed by atoms with Crippen LogP contribution in [-0.4, -0.2) is 23.8 Å². The Bertz CT molecular complexity index is 440. The van der Waals surface area contributed by atoms with E-state index in [1.54, 1.807) is 17.0 Å². The molecule has 4 heteroatoms. The molecule has 1 aliphatic rings. The summed E-state index contributed by atoms with van der Waals surface area (Å²) in [7, 11) is 0. The number of phenolic OH excluding ortho intramolecular Hbond substituents is 1. The number of anilines is 1. The third-order valence-corrected chi connectivity index (χ3v) is 2.63. The van der Waals surface area contributed by atoms with Gasteiger partial charge in [-0.05, 0) is 24.1 Å². The number of phenols is 1. The molecular formula is C11H11NO3. The molecule has 0 atom stereocenters. The van der Waals surface area contributed by atoms with Crippen LogP contribution < -0.4 is 4.90 Å². The Kier molecular flexibility index (Phi) is 2.19. The molecule has 1 aliphatic heterocycles. The number of amides is 1. The van der Waals surface area contributed by atoms with Gasteiger partial charge >= 0.3 is 0 Å². The molecule has 1 heterocycles. The Morgan fingerprint density at radius 1 is 1.53 bits per heavy atom. The van der Waals surface area contributed by atoms with Gasteiger partial charge in [-0.1, -0.05) is 0 Å². The smallest absolute Gasteiger partial charge is 0.223 e. The van der Waals surface area contributed by atoms with E-state index in [0.717, 1.165) is 17.7 Å². The minimum Gasteiger partial charge on any atom is -0.507 e. The van der Waals surface area contributed by atoms with Gasteiger partial charge in [0.05, 0.1) is 5.56 Å². The molecule has 15 heavy (non-hydrogen) atoms. The SMILES string of the molecule is CC(=O)N1CCc2cc(O)c(C=O)cc21. The van der Waals surface area contributed by atoms with Gasteiger partial charge in [-0.2, -0.15) is 0 Å². The first-order valence-corrected chi connectivity index (χ1v) is 4.72. The average Bonchev–Trinajstić information content (AvgIpc) is 2.59. The van der Waals surface area contributed by atoms with E-state index in [0.29, 0.717) is 12.8 Å². The van der Waals surface area contributed by atoms with Crippen molar-refractivity contribution in [1.29, 1.82) is 0 Å². The van der Waals surface area contributed by atoms with Crippen LogP contribution in [0.2, 0.25) is 0 Å². The standard InChI is InChI=1S/C11H11NO3/c1-7(14)12-3-2-8-5-11(15)9(6-13)4-10(8)12/h4-6,15H,2-3H2,1H3. The number of rotatable bonds is 1. The first-order chi connectivity index (χ1) is 7.13. The minimum atomic E-state index is -0.0451. The van der Waals surface area contributed by atoms with Crippen LogP contribution >= 0.6 is 0 Å². The molecule has 0 aliphatic carbocycles. The highest BCUT2D eigenvalue weighted by molar-refractivity contribution is 5.95. The number of carbonyl (C=O) groups is 2. The quantitative estimate of drug-likeness (QED) is 0.699. The van der Waals surface area contributed by atoms with Gasteiger partial charge in [0.15, 0.2) is 6.29 Å². The normalized spacial score (nSPS) is 13.8. The van der Waals surface area contributed by atoms with Crippen molar-refractivity contribution in [2.24, 2.45) is 0 Å². The summed E-state index contributed by atoms with van der Waals surface area (Å²) in [5, 5.41) is 9.46. The highest BCUT2D eigenvalue weighted by atomic mass is 16.3. The van der Waals surface area contributed by atoms with Crippen LogP contribution in [0.1, 0.15) is 22.8 Å². The summed E-state index contributed by atoms with van der Waals surface area (Å²) in [6.45, 7) is 2.11. The maximum Gasteiger partial charge on any atom is 0.223 e. The molecule has 78 valence electrons. The minimum absolute atomic E-state index is 0.0193. The molecule has 0 unspecified atom stereocenters. The van der Waals surface area contributed by atoms with E-state index in [2.05, 4.69) is 0 Å². The summed E-state index contributed by atoms with van der Waals surface area (Å²) in [5.41, 5.74) is 1.87. The molecule has 1 aromatic rings. The molecule has 0 aromatic heterocycles. The monoisotopic (exact) mass is 205 g/mol. The summed E-state index contributed by atoms with van der Waals surface area (Å²) in [6, 6.07) is 3.12. The maximum absolute atomic E-state index is 11.3. The summed E-state index contributed by atoms with van der Waals surface area (Å²) in [6.07, 6.45) is 1.31. The highest BCUT2D eigenvalue weighted by Crippen LogP contribution is 2.33. The van der Waals surface area contributed by atoms with Gasteiger partial charge in [0, 0.05) is 19.2 Å². The molecule has 1 N–H and O–H groups in total. The molecule has 0 radical (unpaired) electrons. The molecule has 0 saturated heterocycles. The van der Waals surface area contributed by atoms with E-state index >= 15 is 0 Å². The number of fused-ring (bicyclic) bond motifs is 1. The van der Waals surface area contributed by atoms with Crippen LogP contribution in [-0.2, 0) is 11.2 Å². The number of hydrogen-bond acceptors (Lipinski definition) is 3. The highest BCUT2D eigenvalue weighted by Gasteiger charge is 2.23. The van der Waals surface area contributed by atoms with E-state index in [-0.39, 0.29) is 17.2 Å². The van der Waals surface area contributed by atoms with Crippen LogP contribution in [0.15, 0.2) is 12.1 Å². The number of carbonyl (C=O) groups excluding carboxylic acids is 2. The predicted molar refractivity (Wildman–Crippen MR) is 55.2 cm³/mol. The zero-order valence-electron chi connectivity index (χ0n) is 8.36. The second kappa shape index (κ2) is 3.38. The van der Waals surface area contributed by atoms with E-state index in [1.807, 2.05) is 0 Å². The molecule has 0 fully saturated rings. The van der Waals surface area contributed by atoms with Crippen molar-refractivity contribution in [2.45, 2.75) is 13.3 Å². The molecular weight excluding hydrogens is 194 g/mol. The van der Waals surface area contributed by atoms with Crippen LogP contribution in [0.4, 0.5) is 5.69 Å². The second-order valence-corrected chi connectivity index (χ2v) is 3.58. The first kappa shape index (κ1) is 9.71. The van der Waals surface area contributed by atoms with Gasteiger partial charge in [0.25, 0.3) is 0 Å². The molecule has 1 amide bonds. The Balaban J connectivity index is 2.53. The molecule has 4 nitrogen and oxygen atoms in total. The van der Waals surface area contributed by atoms with Crippen LogP contribution in [0.5, 0.6) is 5.75 Å². The lowest BCUT2D eigenvalue weighted by atomic mass is 10.1. The topological polar surface area (TPSA) is 57.6 Å².